The van der Waals surface area contributed by atoms with Gasteiger partial charge in [0, 0.05) is 38.6 Å². The van der Waals surface area contributed by atoms with E-state index >= 15 is 0 Å². The molecular weight excluding hydrogens is 743 g/mol. The zero-order chi connectivity index (χ0) is 40.3. The van der Waals surface area contributed by atoms with Gasteiger partial charge in [-0.15, -0.1) is 0 Å². The lowest BCUT2D eigenvalue weighted by Gasteiger charge is -2.26. The summed E-state index contributed by atoms with van der Waals surface area (Å²) in [6.07, 6.45) is 0. The molecule has 286 valence electrons. The van der Waals surface area contributed by atoms with Crippen LogP contribution in [0.5, 0.6) is 0 Å². The Morgan fingerprint density at radius 1 is 0.262 bits per heavy atom. The Morgan fingerprint density at radius 3 is 1.46 bits per heavy atom. The molecule has 0 amide bonds. The molecule has 0 bridgehead atoms. The van der Waals surface area contributed by atoms with Crippen LogP contribution in [0.4, 0.5) is 17.1 Å². The zero-order valence-corrected chi connectivity index (χ0v) is 33.1. The van der Waals surface area contributed by atoms with Crippen LogP contribution in [0.3, 0.4) is 0 Å². The molecule has 0 unspecified atom stereocenters. The van der Waals surface area contributed by atoms with Gasteiger partial charge in [-0.25, -0.2) is 0 Å². The van der Waals surface area contributed by atoms with Gasteiger partial charge in [-0.05, 0) is 134 Å². The minimum Gasteiger partial charge on any atom is -0.456 e. The Balaban J connectivity index is 0.918. The molecule has 0 spiro atoms. The molecule has 0 aliphatic rings. The van der Waals surface area contributed by atoms with Gasteiger partial charge in [0.15, 0.2) is 0 Å². The van der Waals surface area contributed by atoms with Gasteiger partial charge < -0.3 is 13.7 Å². The molecule has 0 N–H and O–H groups in total. The van der Waals surface area contributed by atoms with Gasteiger partial charge in [0.25, 0.3) is 0 Å². The topological polar surface area (TPSA) is 29.5 Å². The predicted octanol–water partition coefficient (Wildman–Crippen LogP) is 16.8. The SMILES string of the molecule is c1cc(-c2ccc(N(c3ccc(-c4ccc5oc6ccccc6c5c4)cc3)c3ccc(-c4cccc5oc6ccccc6c45)cc3)cc2)cc(-c2ccc3ccccc3c2)c1. The maximum Gasteiger partial charge on any atom is 0.136 e. The maximum absolute atomic E-state index is 6.24. The van der Waals surface area contributed by atoms with Gasteiger partial charge in [-0.2, -0.15) is 0 Å². The summed E-state index contributed by atoms with van der Waals surface area (Å²) in [5.41, 5.74) is 16.2. The van der Waals surface area contributed by atoms with Gasteiger partial charge >= 0.3 is 0 Å². The van der Waals surface area contributed by atoms with E-state index in [9.17, 15) is 0 Å². The van der Waals surface area contributed by atoms with Crippen LogP contribution in [0.25, 0.3) is 99.2 Å². The highest BCUT2D eigenvalue weighted by molar-refractivity contribution is 6.12. The highest BCUT2D eigenvalue weighted by atomic mass is 16.3. The summed E-state index contributed by atoms with van der Waals surface area (Å²) in [6.45, 7) is 0. The van der Waals surface area contributed by atoms with E-state index in [1.54, 1.807) is 0 Å². The normalized spacial score (nSPS) is 11.6. The number of para-hydroxylation sites is 2. The molecule has 3 nitrogen and oxygen atoms in total. The second-order valence-corrected chi connectivity index (χ2v) is 15.7. The van der Waals surface area contributed by atoms with E-state index in [1.807, 2.05) is 24.3 Å². The predicted molar refractivity (Wildman–Crippen MR) is 255 cm³/mol. The van der Waals surface area contributed by atoms with Gasteiger partial charge in [0.05, 0.1) is 0 Å². The van der Waals surface area contributed by atoms with Crippen LogP contribution < -0.4 is 4.90 Å². The Morgan fingerprint density at radius 2 is 0.738 bits per heavy atom. The molecule has 0 radical (unpaired) electrons. The summed E-state index contributed by atoms with van der Waals surface area (Å²) in [5.74, 6) is 0. The molecular formula is C58H37NO2. The first kappa shape index (κ1) is 34.9. The van der Waals surface area contributed by atoms with Gasteiger partial charge in [0.1, 0.15) is 22.3 Å². The minimum atomic E-state index is 0.896. The number of rotatable bonds is 7. The first-order valence-corrected chi connectivity index (χ1v) is 20.7. The van der Waals surface area contributed by atoms with Crippen LogP contribution in [0.15, 0.2) is 233 Å². The molecule has 12 rings (SSSR count). The Kier molecular flexibility index (Phi) is 8.17. The number of hydrogen-bond donors (Lipinski definition) is 0. The maximum atomic E-state index is 6.24. The third-order valence-electron chi connectivity index (χ3n) is 12.1. The van der Waals surface area contributed by atoms with Crippen molar-refractivity contribution in [1.29, 1.82) is 0 Å². The molecule has 2 aromatic heterocycles. The minimum absolute atomic E-state index is 0.896. The Labute approximate surface area is 353 Å². The fourth-order valence-corrected chi connectivity index (χ4v) is 9.01. The molecule has 0 saturated carbocycles. The fourth-order valence-electron chi connectivity index (χ4n) is 9.01. The van der Waals surface area contributed by atoms with Crippen molar-refractivity contribution in [2.75, 3.05) is 4.90 Å². The highest BCUT2D eigenvalue weighted by Crippen LogP contribution is 2.41. The lowest BCUT2D eigenvalue weighted by Crippen LogP contribution is -2.09. The van der Waals surface area contributed by atoms with Crippen LogP contribution in [-0.2, 0) is 0 Å². The van der Waals surface area contributed by atoms with Crippen molar-refractivity contribution in [1.82, 2.24) is 0 Å². The summed E-state index contributed by atoms with van der Waals surface area (Å²) >= 11 is 0. The second kappa shape index (κ2) is 14.3. The van der Waals surface area contributed by atoms with Gasteiger partial charge in [0.2, 0.25) is 0 Å². The lowest BCUT2D eigenvalue weighted by molar-refractivity contribution is 0.668. The van der Waals surface area contributed by atoms with E-state index in [2.05, 4.69) is 205 Å². The first-order valence-electron chi connectivity index (χ1n) is 20.7. The van der Waals surface area contributed by atoms with E-state index in [4.69, 9.17) is 8.83 Å². The average molecular weight is 780 g/mol. The molecule has 3 heteroatoms. The number of furan rings is 2. The molecule has 0 fully saturated rings. The second-order valence-electron chi connectivity index (χ2n) is 15.7. The van der Waals surface area contributed by atoms with E-state index in [0.717, 1.165) is 83.2 Å². The third kappa shape index (κ3) is 6.14. The van der Waals surface area contributed by atoms with Gasteiger partial charge in [-0.3, -0.25) is 0 Å². The lowest BCUT2D eigenvalue weighted by atomic mass is 9.97. The zero-order valence-electron chi connectivity index (χ0n) is 33.1. The average Bonchev–Trinajstić information content (AvgIpc) is 3.91. The Bertz CT molecular complexity index is 3580. The summed E-state index contributed by atoms with van der Waals surface area (Å²) in [4.78, 5) is 2.34. The van der Waals surface area contributed by atoms with E-state index < -0.39 is 0 Å². The van der Waals surface area contributed by atoms with Crippen LogP contribution in [-0.4, -0.2) is 0 Å². The van der Waals surface area contributed by atoms with Crippen LogP contribution in [0, 0.1) is 0 Å². The number of hydrogen-bond acceptors (Lipinski definition) is 3. The summed E-state index contributed by atoms with van der Waals surface area (Å²) < 4.78 is 12.4. The smallest absolute Gasteiger partial charge is 0.136 e. The molecule has 12 aromatic rings. The van der Waals surface area contributed by atoms with Crippen molar-refractivity contribution in [3.8, 4) is 44.5 Å². The van der Waals surface area contributed by atoms with Crippen LogP contribution in [0.1, 0.15) is 0 Å². The molecule has 0 saturated heterocycles. The molecule has 0 aliphatic heterocycles. The van der Waals surface area contributed by atoms with Crippen LogP contribution >= 0.6 is 0 Å². The molecule has 2 heterocycles. The van der Waals surface area contributed by atoms with E-state index in [1.165, 1.54) is 33.0 Å². The standard InChI is InChI=1S/C58H37NO2/c1-2-10-42-36-45(20-19-38(42)9-1)44-12-7-11-43(35-44)39-21-28-47(29-22-39)59(48-30-23-40(24-31-48)46-27-34-56-53(37-46)51-13-3-5-16-54(51)60-56)49-32-25-41(26-33-49)50-15-8-18-57-58(50)52-14-4-6-17-55(52)61-57/h1-37H. The largest absolute Gasteiger partial charge is 0.456 e. The third-order valence-corrected chi connectivity index (χ3v) is 12.1. The van der Waals surface area contributed by atoms with Crippen molar-refractivity contribution in [3.05, 3.63) is 224 Å². The van der Waals surface area contributed by atoms with E-state index in [-0.39, 0.29) is 0 Å². The number of fused-ring (bicyclic) bond motifs is 7. The Hall–Kier alpha value is -8.14. The first-order chi connectivity index (χ1) is 30.2. The molecule has 0 aliphatic carbocycles. The fraction of sp³-hybridized carbons (Fsp3) is 0. The monoisotopic (exact) mass is 779 g/mol. The van der Waals surface area contributed by atoms with E-state index in [0.29, 0.717) is 0 Å². The summed E-state index contributed by atoms with van der Waals surface area (Å²) in [5, 5.41) is 7.02. The van der Waals surface area contributed by atoms with Crippen molar-refractivity contribution >= 4 is 71.7 Å². The van der Waals surface area contributed by atoms with Crippen molar-refractivity contribution in [3.63, 3.8) is 0 Å². The van der Waals surface area contributed by atoms with Crippen molar-refractivity contribution in [2.45, 2.75) is 0 Å². The molecule has 10 aromatic carbocycles. The summed E-state index contributed by atoms with van der Waals surface area (Å²) in [6, 6.07) is 80.1. The molecule has 0 atom stereocenters. The van der Waals surface area contributed by atoms with Crippen molar-refractivity contribution in [2.24, 2.45) is 0 Å². The highest BCUT2D eigenvalue weighted by Gasteiger charge is 2.17. The van der Waals surface area contributed by atoms with Crippen molar-refractivity contribution < 1.29 is 8.83 Å². The van der Waals surface area contributed by atoms with Crippen LogP contribution in [0.2, 0.25) is 0 Å². The quantitative estimate of drug-likeness (QED) is 0.161. The number of nitrogens with zero attached hydrogens (tertiary/aromatic N) is 1. The molecule has 61 heavy (non-hydrogen) atoms. The van der Waals surface area contributed by atoms with Gasteiger partial charge in [-0.1, -0.05) is 146 Å². The number of anilines is 3. The summed E-state index contributed by atoms with van der Waals surface area (Å²) in [7, 11) is 0. The number of benzene rings is 10.